The van der Waals surface area contributed by atoms with Gasteiger partial charge in [0.1, 0.15) is 11.5 Å². The number of amides is 1. The lowest BCUT2D eigenvalue weighted by Crippen LogP contribution is -2.20. The standard InChI is InChI=1S/C17H15N3O4/c1-22-13-9-7-12(8-10-13)16-17(20-24-19-16)18-15(21)11-23-14-5-3-2-4-6-14/h2-10H,11H2,1H3,(H,18,20,21). The van der Waals surface area contributed by atoms with E-state index in [-0.39, 0.29) is 18.3 Å². The molecule has 0 atom stereocenters. The largest absolute Gasteiger partial charge is 0.497 e. The minimum Gasteiger partial charge on any atom is -0.497 e. The fourth-order valence-electron chi connectivity index (χ4n) is 2.04. The van der Waals surface area contributed by atoms with Crippen molar-refractivity contribution in [1.82, 2.24) is 10.3 Å². The van der Waals surface area contributed by atoms with E-state index < -0.39 is 0 Å². The molecule has 3 rings (SSSR count). The second-order valence-electron chi connectivity index (χ2n) is 4.84. The highest BCUT2D eigenvalue weighted by atomic mass is 16.6. The highest BCUT2D eigenvalue weighted by molar-refractivity contribution is 5.94. The Morgan fingerprint density at radius 3 is 2.50 bits per heavy atom. The summed E-state index contributed by atoms with van der Waals surface area (Å²) < 4.78 is 15.2. The van der Waals surface area contributed by atoms with E-state index >= 15 is 0 Å². The molecule has 0 saturated heterocycles. The minimum atomic E-state index is -0.357. The van der Waals surface area contributed by atoms with Gasteiger partial charge in [-0.2, -0.15) is 0 Å². The number of carbonyl (C=O) groups is 1. The van der Waals surface area contributed by atoms with E-state index in [2.05, 4.69) is 15.6 Å². The number of aromatic nitrogens is 2. The third-order valence-electron chi connectivity index (χ3n) is 3.22. The maximum Gasteiger partial charge on any atom is 0.263 e. The topological polar surface area (TPSA) is 86.5 Å². The Kier molecular flexibility index (Phi) is 4.71. The second kappa shape index (κ2) is 7.28. The monoisotopic (exact) mass is 325 g/mol. The van der Waals surface area contributed by atoms with E-state index in [1.54, 1.807) is 43.5 Å². The third-order valence-corrected chi connectivity index (χ3v) is 3.22. The van der Waals surface area contributed by atoms with Crippen molar-refractivity contribution in [2.24, 2.45) is 0 Å². The van der Waals surface area contributed by atoms with E-state index in [9.17, 15) is 4.79 Å². The maximum absolute atomic E-state index is 12.0. The number of para-hydroxylation sites is 1. The molecule has 0 fully saturated rings. The Labute approximate surface area is 138 Å². The van der Waals surface area contributed by atoms with Crippen LogP contribution in [0.25, 0.3) is 11.3 Å². The first-order valence-corrected chi connectivity index (χ1v) is 7.21. The zero-order valence-corrected chi connectivity index (χ0v) is 12.9. The van der Waals surface area contributed by atoms with Gasteiger partial charge in [-0.05, 0) is 46.7 Å². The molecule has 0 unspecified atom stereocenters. The number of methoxy groups -OCH3 is 1. The summed E-state index contributed by atoms with van der Waals surface area (Å²) in [6.45, 7) is -0.140. The van der Waals surface area contributed by atoms with Gasteiger partial charge in [-0.25, -0.2) is 4.63 Å². The fourth-order valence-corrected chi connectivity index (χ4v) is 2.04. The average molecular weight is 325 g/mol. The SMILES string of the molecule is COc1ccc(-c2nonc2NC(=O)COc2ccccc2)cc1. The molecular weight excluding hydrogens is 310 g/mol. The lowest BCUT2D eigenvalue weighted by atomic mass is 10.1. The molecule has 1 amide bonds. The molecule has 1 N–H and O–H groups in total. The molecule has 0 spiro atoms. The maximum atomic E-state index is 12.0. The molecule has 0 radical (unpaired) electrons. The summed E-state index contributed by atoms with van der Waals surface area (Å²) >= 11 is 0. The fraction of sp³-hybridized carbons (Fsp3) is 0.118. The summed E-state index contributed by atoms with van der Waals surface area (Å²) in [5.74, 6) is 1.21. The Morgan fingerprint density at radius 2 is 1.79 bits per heavy atom. The number of hydrogen-bond acceptors (Lipinski definition) is 6. The number of nitrogens with one attached hydrogen (secondary N) is 1. The summed E-state index contributed by atoms with van der Waals surface area (Å²) in [6.07, 6.45) is 0. The predicted molar refractivity (Wildman–Crippen MR) is 86.9 cm³/mol. The molecule has 2 aromatic carbocycles. The van der Waals surface area contributed by atoms with Crippen LogP contribution in [0.1, 0.15) is 0 Å². The van der Waals surface area contributed by atoms with E-state index in [4.69, 9.17) is 14.1 Å². The molecule has 0 saturated carbocycles. The van der Waals surface area contributed by atoms with Crippen molar-refractivity contribution in [3.63, 3.8) is 0 Å². The van der Waals surface area contributed by atoms with Crippen molar-refractivity contribution in [1.29, 1.82) is 0 Å². The van der Waals surface area contributed by atoms with Gasteiger partial charge in [0.2, 0.25) is 5.82 Å². The average Bonchev–Trinajstić information content (AvgIpc) is 3.09. The smallest absolute Gasteiger partial charge is 0.263 e. The number of carbonyl (C=O) groups excluding carboxylic acids is 1. The highest BCUT2D eigenvalue weighted by Gasteiger charge is 2.15. The van der Waals surface area contributed by atoms with Crippen molar-refractivity contribution in [2.45, 2.75) is 0 Å². The summed E-state index contributed by atoms with van der Waals surface area (Å²) in [7, 11) is 1.59. The molecule has 1 heterocycles. The Bertz CT molecular complexity index is 800. The van der Waals surface area contributed by atoms with Crippen LogP contribution in [0.3, 0.4) is 0 Å². The predicted octanol–water partition coefficient (Wildman–Crippen LogP) is 2.76. The van der Waals surface area contributed by atoms with Crippen LogP contribution >= 0.6 is 0 Å². The molecular formula is C17H15N3O4. The molecule has 7 heteroatoms. The number of hydrogen-bond donors (Lipinski definition) is 1. The number of benzene rings is 2. The Hall–Kier alpha value is -3.35. The van der Waals surface area contributed by atoms with Crippen molar-refractivity contribution < 1.29 is 18.9 Å². The molecule has 0 aliphatic heterocycles. The molecule has 3 aromatic rings. The van der Waals surface area contributed by atoms with Crippen LogP contribution in [0, 0.1) is 0 Å². The molecule has 24 heavy (non-hydrogen) atoms. The van der Waals surface area contributed by atoms with Gasteiger partial charge in [-0.3, -0.25) is 4.79 Å². The third kappa shape index (κ3) is 3.70. The van der Waals surface area contributed by atoms with Crippen molar-refractivity contribution in [3.05, 3.63) is 54.6 Å². The van der Waals surface area contributed by atoms with E-state index in [1.165, 1.54) is 0 Å². The van der Waals surface area contributed by atoms with Crippen molar-refractivity contribution in [3.8, 4) is 22.8 Å². The van der Waals surface area contributed by atoms with Crippen LogP contribution in [0.2, 0.25) is 0 Å². The number of ether oxygens (including phenoxy) is 2. The number of nitrogens with zero attached hydrogens (tertiary/aromatic N) is 2. The van der Waals surface area contributed by atoms with Crippen molar-refractivity contribution in [2.75, 3.05) is 19.0 Å². The quantitative estimate of drug-likeness (QED) is 0.750. The van der Waals surface area contributed by atoms with E-state index in [1.807, 2.05) is 18.2 Å². The normalized spacial score (nSPS) is 10.2. The van der Waals surface area contributed by atoms with Crippen LogP contribution in [-0.4, -0.2) is 29.9 Å². The first kappa shape index (κ1) is 15.5. The van der Waals surface area contributed by atoms with Crippen LogP contribution in [-0.2, 0) is 4.79 Å². The van der Waals surface area contributed by atoms with Gasteiger partial charge in [0.25, 0.3) is 5.91 Å². The molecule has 0 aliphatic rings. The van der Waals surface area contributed by atoms with Gasteiger partial charge in [0, 0.05) is 5.56 Å². The lowest BCUT2D eigenvalue weighted by molar-refractivity contribution is -0.118. The Balaban J connectivity index is 1.65. The molecule has 0 aliphatic carbocycles. The van der Waals surface area contributed by atoms with Gasteiger partial charge in [0.05, 0.1) is 7.11 Å². The van der Waals surface area contributed by atoms with Crippen LogP contribution in [0.5, 0.6) is 11.5 Å². The summed E-state index contributed by atoms with van der Waals surface area (Å²) in [5.41, 5.74) is 1.18. The Morgan fingerprint density at radius 1 is 1.04 bits per heavy atom. The number of rotatable bonds is 6. The van der Waals surface area contributed by atoms with E-state index in [0.717, 1.165) is 11.3 Å². The van der Waals surface area contributed by atoms with Gasteiger partial charge in [-0.15, -0.1) is 0 Å². The molecule has 7 nitrogen and oxygen atoms in total. The lowest BCUT2D eigenvalue weighted by Gasteiger charge is -2.06. The van der Waals surface area contributed by atoms with Crippen molar-refractivity contribution >= 4 is 11.7 Å². The van der Waals surface area contributed by atoms with Crippen LogP contribution < -0.4 is 14.8 Å². The summed E-state index contributed by atoms with van der Waals surface area (Å²) in [6, 6.07) is 16.2. The van der Waals surface area contributed by atoms with Gasteiger partial charge in [0.15, 0.2) is 12.3 Å². The minimum absolute atomic E-state index is 0.140. The molecule has 1 aromatic heterocycles. The molecule has 122 valence electrons. The summed E-state index contributed by atoms with van der Waals surface area (Å²) in [5, 5.41) is 10.2. The first-order valence-electron chi connectivity index (χ1n) is 7.21. The first-order chi connectivity index (χ1) is 11.8. The van der Waals surface area contributed by atoms with E-state index in [0.29, 0.717) is 11.4 Å². The zero-order chi connectivity index (χ0) is 16.8. The zero-order valence-electron chi connectivity index (χ0n) is 12.9. The number of anilines is 1. The van der Waals surface area contributed by atoms with Gasteiger partial charge < -0.3 is 14.8 Å². The second-order valence-corrected chi connectivity index (χ2v) is 4.84. The molecule has 0 bridgehead atoms. The van der Waals surface area contributed by atoms with Crippen LogP contribution in [0.4, 0.5) is 5.82 Å². The van der Waals surface area contributed by atoms with Gasteiger partial charge in [-0.1, -0.05) is 18.2 Å². The van der Waals surface area contributed by atoms with Crippen LogP contribution in [0.15, 0.2) is 59.2 Å². The summed E-state index contributed by atoms with van der Waals surface area (Å²) in [4.78, 5) is 12.0. The van der Waals surface area contributed by atoms with Gasteiger partial charge >= 0.3 is 0 Å². The highest BCUT2D eigenvalue weighted by Crippen LogP contribution is 2.26.